The fraction of sp³-hybridized carbons (Fsp3) is 0.0625. The highest BCUT2D eigenvalue weighted by atomic mass is 79.9. The van der Waals surface area contributed by atoms with Crippen molar-refractivity contribution in [3.63, 3.8) is 0 Å². The van der Waals surface area contributed by atoms with E-state index in [4.69, 9.17) is 4.74 Å². The van der Waals surface area contributed by atoms with Crippen LogP contribution in [0, 0.1) is 0 Å². The monoisotopic (exact) mass is 373 g/mol. The average Bonchev–Trinajstić information content (AvgIpc) is 3.00. The molecule has 0 aliphatic heterocycles. The molecule has 0 aliphatic rings. The zero-order chi connectivity index (χ0) is 16.4. The van der Waals surface area contributed by atoms with E-state index in [0.29, 0.717) is 22.7 Å². The molecule has 0 saturated carbocycles. The zero-order valence-electron chi connectivity index (χ0n) is 12.1. The van der Waals surface area contributed by atoms with Crippen molar-refractivity contribution in [1.82, 2.24) is 15.0 Å². The van der Waals surface area contributed by atoms with Crippen molar-refractivity contribution in [2.75, 3.05) is 7.11 Å². The van der Waals surface area contributed by atoms with Crippen molar-refractivity contribution < 1.29 is 14.6 Å². The van der Waals surface area contributed by atoms with Gasteiger partial charge in [-0.25, -0.2) is 9.48 Å². The maximum atomic E-state index is 11.5. The van der Waals surface area contributed by atoms with E-state index in [1.807, 2.05) is 24.3 Å². The smallest absolute Gasteiger partial charge is 0.358 e. The topological polar surface area (TPSA) is 77.2 Å². The number of halogens is 1. The van der Waals surface area contributed by atoms with Crippen LogP contribution in [0.5, 0.6) is 5.75 Å². The molecule has 3 aromatic rings. The number of nitrogens with zero attached hydrogens (tertiary/aromatic N) is 3. The van der Waals surface area contributed by atoms with Gasteiger partial charge >= 0.3 is 5.97 Å². The molecule has 6 nitrogen and oxygen atoms in total. The predicted molar refractivity (Wildman–Crippen MR) is 88.0 cm³/mol. The van der Waals surface area contributed by atoms with E-state index in [-0.39, 0.29) is 5.69 Å². The molecular weight excluding hydrogens is 362 g/mol. The van der Waals surface area contributed by atoms with Gasteiger partial charge in [0.1, 0.15) is 11.4 Å². The molecule has 0 aliphatic carbocycles. The van der Waals surface area contributed by atoms with Gasteiger partial charge < -0.3 is 9.84 Å². The molecule has 0 saturated heterocycles. The van der Waals surface area contributed by atoms with E-state index in [2.05, 4.69) is 26.2 Å². The Bertz CT molecular complexity index is 877. The highest BCUT2D eigenvalue weighted by Gasteiger charge is 2.22. The lowest BCUT2D eigenvalue weighted by Gasteiger charge is -2.09. The molecule has 0 amide bonds. The third-order valence-electron chi connectivity index (χ3n) is 3.27. The number of carbonyl (C=O) groups is 1. The Morgan fingerprint density at radius 3 is 2.70 bits per heavy atom. The first kappa shape index (κ1) is 15.2. The van der Waals surface area contributed by atoms with Gasteiger partial charge in [0, 0.05) is 10.0 Å². The first-order valence-electron chi connectivity index (χ1n) is 6.69. The Hall–Kier alpha value is -2.67. The summed E-state index contributed by atoms with van der Waals surface area (Å²) in [4.78, 5) is 11.5. The SMILES string of the molecule is COc1cccc(-c2c(C(=O)O)nnn2-c2cccc(Br)c2)c1. The molecule has 0 spiro atoms. The van der Waals surface area contributed by atoms with Crippen molar-refractivity contribution in [2.45, 2.75) is 0 Å². The molecule has 0 atom stereocenters. The summed E-state index contributed by atoms with van der Waals surface area (Å²) in [6.07, 6.45) is 0. The molecule has 116 valence electrons. The summed E-state index contributed by atoms with van der Waals surface area (Å²) in [5, 5.41) is 17.2. The molecule has 7 heteroatoms. The molecule has 3 rings (SSSR count). The molecule has 1 heterocycles. The van der Waals surface area contributed by atoms with E-state index >= 15 is 0 Å². The van der Waals surface area contributed by atoms with Crippen molar-refractivity contribution in [3.8, 4) is 22.7 Å². The fourth-order valence-electron chi connectivity index (χ4n) is 2.24. The van der Waals surface area contributed by atoms with Crippen LogP contribution in [0.25, 0.3) is 16.9 Å². The molecule has 0 unspecified atom stereocenters. The van der Waals surface area contributed by atoms with E-state index < -0.39 is 5.97 Å². The number of rotatable bonds is 4. The molecule has 0 bridgehead atoms. The molecule has 23 heavy (non-hydrogen) atoms. The van der Waals surface area contributed by atoms with E-state index in [9.17, 15) is 9.90 Å². The number of carboxylic acid groups (broad SMARTS) is 1. The zero-order valence-corrected chi connectivity index (χ0v) is 13.7. The summed E-state index contributed by atoms with van der Waals surface area (Å²) in [5.74, 6) is -0.509. The first-order chi connectivity index (χ1) is 11.1. The highest BCUT2D eigenvalue weighted by Crippen LogP contribution is 2.28. The van der Waals surface area contributed by atoms with Crippen LogP contribution in [0.2, 0.25) is 0 Å². The quantitative estimate of drug-likeness (QED) is 0.758. The second-order valence-corrected chi connectivity index (χ2v) is 5.63. The van der Waals surface area contributed by atoms with Gasteiger partial charge in [0.2, 0.25) is 0 Å². The Labute approximate surface area is 140 Å². The Morgan fingerprint density at radius 2 is 2.00 bits per heavy atom. The molecule has 0 radical (unpaired) electrons. The number of methoxy groups -OCH3 is 1. The lowest BCUT2D eigenvalue weighted by atomic mass is 10.1. The Morgan fingerprint density at radius 1 is 1.22 bits per heavy atom. The number of aromatic carboxylic acids is 1. The fourth-order valence-corrected chi connectivity index (χ4v) is 2.63. The number of hydrogen-bond donors (Lipinski definition) is 1. The second-order valence-electron chi connectivity index (χ2n) is 4.72. The number of hydrogen-bond acceptors (Lipinski definition) is 4. The second kappa shape index (κ2) is 6.21. The summed E-state index contributed by atoms with van der Waals surface area (Å²) in [6.45, 7) is 0. The number of carboxylic acids is 1. The third kappa shape index (κ3) is 2.95. The van der Waals surface area contributed by atoms with Gasteiger partial charge in [0.25, 0.3) is 0 Å². The first-order valence-corrected chi connectivity index (χ1v) is 7.49. The molecular formula is C16H12BrN3O3. The van der Waals surface area contributed by atoms with Crippen LogP contribution in [0.4, 0.5) is 0 Å². The van der Waals surface area contributed by atoms with Crippen LogP contribution in [-0.2, 0) is 0 Å². The van der Waals surface area contributed by atoms with Gasteiger partial charge in [-0.05, 0) is 30.3 Å². The van der Waals surface area contributed by atoms with E-state index in [0.717, 1.165) is 4.47 Å². The maximum Gasteiger partial charge on any atom is 0.358 e. The minimum atomic E-state index is -1.14. The third-order valence-corrected chi connectivity index (χ3v) is 3.76. The minimum absolute atomic E-state index is 0.113. The summed E-state index contributed by atoms with van der Waals surface area (Å²) in [7, 11) is 1.56. The number of aromatic nitrogens is 3. The largest absolute Gasteiger partial charge is 0.497 e. The van der Waals surface area contributed by atoms with E-state index in [1.165, 1.54) is 4.68 Å². The van der Waals surface area contributed by atoms with Gasteiger partial charge in [-0.1, -0.05) is 39.3 Å². The van der Waals surface area contributed by atoms with Crippen LogP contribution in [0.15, 0.2) is 53.0 Å². The van der Waals surface area contributed by atoms with Gasteiger partial charge in [0.05, 0.1) is 12.8 Å². The van der Waals surface area contributed by atoms with Crippen molar-refractivity contribution in [3.05, 3.63) is 58.7 Å². The Balaban J connectivity index is 2.24. The predicted octanol–water partition coefficient (Wildman–Crippen LogP) is 3.40. The standard InChI is InChI=1S/C16H12BrN3O3/c1-23-13-7-2-4-10(8-13)15-14(16(21)22)18-19-20(15)12-6-3-5-11(17)9-12/h2-9H,1H3,(H,21,22). The molecule has 2 aromatic carbocycles. The van der Waals surface area contributed by atoms with Crippen molar-refractivity contribution >= 4 is 21.9 Å². The molecule has 1 N–H and O–H groups in total. The number of ether oxygens (including phenoxy) is 1. The normalized spacial score (nSPS) is 10.5. The molecule has 0 fully saturated rings. The summed E-state index contributed by atoms with van der Waals surface area (Å²) < 4.78 is 7.58. The lowest BCUT2D eigenvalue weighted by molar-refractivity contribution is 0.0691. The van der Waals surface area contributed by atoms with Crippen molar-refractivity contribution in [1.29, 1.82) is 0 Å². The van der Waals surface area contributed by atoms with Gasteiger partial charge in [0.15, 0.2) is 5.69 Å². The highest BCUT2D eigenvalue weighted by molar-refractivity contribution is 9.10. The van der Waals surface area contributed by atoms with Crippen LogP contribution in [0.3, 0.4) is 0 Å². The van der Waals surface area contributed by atoms with Crippen LogP contribution in [-0.4, -0.2) is 33.2 Å². The summed E-state index contributed by atoms with van der Waals surface area (Å²) in [5.41, 5.74) is 1.65. The summed E-state index contributed by atoms with van der Waals surface area (Å²) >= 11 is 3.40. The number of benzene rings is 2. The maximum absolute atomic E-state index is 11.5. The van der Waals surface area contributed by atoms with Gasteiger partial charge in [-0.15, -0.1) is 5.10 Å². The lowest BCUT2D eigenvalue weighted by Crippen LogP contribution is -2.03. The average molecular weight is 374 g/mol. The van der Waals surface area contributed by atoms with Gasteiger partial charge in [-0.3, -0.25) is 0 Å². The van der Waals surface area contributed by atoms with Crippen LogP contribution in [0.1, 0.15) is 10.5 Å². The van der Waals surface area contributed by atoms with E-state index in [1.54, 1.807) is 31.4 Å². The van der Waals surface area contributed by atoms with Crippen LogP contribution < -0.4 is 4.74 Å². The van der Waals surface area contributed by atoms with Gasteiger partial charge in [-0.2, -0.15) is 0 Å². The Kier molecular flexibility index (Phi) is 4.12. The van der Waals surface area contributed by atoms with Crippen molar-refractivity contribution in [2.24, 2.45) is 0 Å². The summed E-state index contributed by atoms with van der Waals surface area (Å²) in [6, 6.07) is 14.5. The minimum Gasteiger partial charge on any atom is -0.497 e. The van der Waals surface area contributed by atoms with Crippen LogP contribution >= 0.6 is 15.9 Å². The molecule has 1 aromatic heterocycles.